The summed E-state index contributed by atoms with van der Waals surface area (Å²) >= 11 is 0. The number of nitrogens with one attached hydrogen (secondary N) is 2. The molecule has 1 aliphatic rings. The van der Waals surface area contributed by atoms with Crippen LogP contribution in [0, 0.1) is 5.92 Å². The Morgan fingerprint density at radius 1 is 1.15 bits per heavy atom. The molecule has 0 atom stereocenters. The van der Waals surface area contributed by atoms with Crippen molar-refractivity contribution in [3.63, 3.8) is 0 Å². The Morgan fingerprint density at radius 3 is 2.54 bits per heavy atom. The maximum absolute atomic E-state index is 12.1. The van der Waals surface area contributed by atoms with Crippen molar-refractivity contribution in [3.05, 3.63) is 36.3 Å². The molecule has 0 aliphatic heterocycles. The van der Waals surface area contributed by atoms with Crippen LogP contribution in [0.25, 0.3) is 11.4 Å². The minimum Gasteiger partial charge on any atom is -0.494 e. The predicted molar refractivity (Wildman–Crippen MR) is 136 cm³/mol. The van der Waals surface area contributed by atoms with Gasteiger partial charge >= 0.3 is 11.9 Å². The summed E-state index contributed by atoms with van der Waals surface area (Å²) in [5.74, 6) is -1.03. The number of nitrogens with zero attached hydrogens (tertiary/aromatic N) is 5. The summed E-state index contributed by atoms with van der Waals surface area (Å²) in [6.07, 6.45) is 3.26. The number of hydrogen-bond donors (Lipinski definition) is 3. The summed E-state index contributed by atoms with van der Waals surface area (Å²) in [6.45, 7) is 5.69. The van der Waals surface area contributed by atoms with Crippen LogP contribution in [0.5, 0.6) is 5.75 Å². The van der Waals surface area contributed by atoms with E-state index >= 15 is 0 Å². The Kier molecular flexibility index (Phi) is 9.33. The molecule has 3 N–H and O–H groups in total. The first kappa shape index (κ1) is 29.6. The van der Waals surface area contributed by atoms with E-state index in [4.69, 9.17) is 9.47 Å². The molecule has 0 bridgehead atoms. The van der Waals surface area contributed by atoms with Crippen LogP contribution >= 0.6 is 0 Å². The number of benzene rings is 1. The minimum absolute atomic E-state index is 0. The Hall–Kier alpha value is -3.93. The van der Waals surface area contributed by atoms with Crippen LogP contribution in [-0.2, 0) is 40.3 Å². The molecule has 13 nitrogen and oxygen atoms in total. The first-order valence-electron chi connectivity index (χ1n) is 12.0. The molecule has 0 saturated heterocycles. The molecule has 0 radical (unpaired) electrons. The van der Waals surface area contributed by atoms with E-state index in [1.807, 2.05) is 0 Å². The molecular weight excluding hydrogens is 560 g/mol. The van der Waals surface area contributed by atoms with Crippen LogP contribution in [-0.4, -0.2) is 60.6 Å². The molecule has 1 amide bonds. The van der Waals surface area contributed by atoms with Crippen LogP contribution in [0.4, 0.5) is 17.2 Å². The quantitative estimate of drug-likeness (QED) is 0.234. The van der Waals surface area contributed by atoms with Gasteiger partial charge in [-0.05, 0) is 45.7 Å². The van der Waals surface area contributed by atoms with Gasteiger partial charge in [-0.2, -0.15) is 5.10 Å². The Morgan fingerprint density at radius 2 is 1.90 bits per heavy atom. The molecule has 202 valence electrons. The molecule has 2 aromatic heterocycles. The summed E-state index contributed by atoms with van der Waals surface area (Å²) in [6, 6.07) is 6.58. The monoisotopic (exact) mass is 587 g/mol. The number of aryl methyl sites for hydroxylation is 1. The number of carboxylic acid groups (broad SMARTS) is 1. The van der Waals surface area contributed by atoms with Crippen molar-refractivity contribution in [3.8, 4) is 17.1 Å². The van der Waals surface area contributed by atoms with Crippen molar-refractivity contribution < 1.29 is 48.4 Å². The van der Waals surface area contributed by atoms with Gasteiger partial charge in [0.2, 0.25) is 5.91 Å². The van der Waals surface area contributed by atoms with Crippen LogP contribution < -0.4 is 15.4 Å². The summed E-state index contributed by atoms with van der Waals surface area (Å²) in [4.78, 5) is 40.3. The van der Waals surface area contributed by atoms with Crippen molar-refractivity contribution in [2.75, 3.05) is 17.7 Å². The molecule has 4 rings (SSSR count). The first-order chi connectivity index (χ1) is 18.0. The van der Waals surface area contributed by atoms with E-state index in [-0.39, 0.29) is 67.4 Å². The smallest absolute Gasteiger partial charge is 0.358 e. The van der Waals surface area contributed by atoms with Crippen LogP contribution in [0.2, 0.25) is 0 Å². The number of anilines is 3. The molecule has 39 heavy (non-hydrogen) atoms. The molecule has 1 saturated carbocycles. The number of ether oxygens (including phenoxy) is 2. The van der Waals surface area contributed by atoms with Gasteiger partial charge in [-0.15, -0.1) is 10.2 Å². The van der Waals surface area contributed by atoms with Gasteiger partial charge < -0.3 is 25.2 Å². The fourth-order valence-electron chi connectivity index (χ4n) is 3.58. The summed E-state index contributed by atoms with van der Waals surface area (Å²) in [7, 11) is 1.47. The third-order valence-electron chi connectivity index (χ3n) is 5.43. The Labute approximate surface area is 237 Å². The average Bonchev–Trinajstić information content (AvgIpc) is 3.59. The van der Waals surface area contributed by atoms with Gasteiger partial charge in [-0.1, -0.05) is 6.07 Å². The predicted octanol–water partition coefficient (Wildman–Crippen LogP) is 3.26. The second kappa shape index (κ2) is 12.3. The van der Waals surface area contributed by atoms with Crippen LogP contribution in [0.1, 0.15) is 50.5 Å². The van der Waals surface area contributed by atoms with Gasteiger partial charge in [-0.25, -0.2) is 9.78 Å². The number of para-hydroxylation sites is 1. The number of carbonyl (C=O) groups is 3. The summed E-state index contributed by atoms with van der Waals surface area (Å²) < 4.78 is 12.5. The number of aromatic nitrogens is 5. The van der Waals surface area contributed by atoms with Crippen molar-refractivity contribution in [2.45, 2.75) is 52.2 Å². The largest absolute Gasteiger partial charge is 0.494 e. The molecule has 1 aliphatic carbocycles. The van der Waals surface area contributed by atoms with Gasteiger partial charge in [-0.3, -0.25) is 14.3 Å². The number of carbonyl (C=O) groups excluding carboxylic acids is 2. The molecule has 1 fully saturated rings. The molecule has 0 spiro atoms. The topological polar surface area (TPSA) is 170 Å². The van der Waals surface area contributed by atoms with E-state index in [1.54, 1.807) is 39.0 Å². The number of carboxylic acids is 1. The van der Waals surface area contributed by atoms with E-state index in [0.717, 1.165) is 12.8 Å². The zero-order chi connectivity index (χ0) is 27.4. The van der Waals surface area contributed by atoms with E-state index in [0.29, 0.717) is 22.8 Å². The minimum atomic E-state index is -1.29. The van der Waals surface area contributed by atoms with Gasteiger partial charge in [0.05, 0.1) is 37.0 Å². The summed E-state index contributed by atoms with van der Waals surface area (Å²) in [5.41, 5.74) is 0.177. The van der Waals surface area contributed by atoms with Gasteiger partial charge in [0.1, 0.15) is 11.9 Å². The van der Waals surface area contributed by atoms with E-state index in [9.17, 15) is 19.5 Å². The van der Waals surface area contributed by atoms with Gasteiger partial charge in [0.15, 0.2) is 23.1 Å². The second-order valence-corrected chi connectivity index (χ2v) is 9.74. The number of esters is 1. The van der Waals surface area contributed by atoms with Gasteiger partial charge in [0, 0.05) is 31.5 Å². The zero-order valence-corrected chi connectivity index (χ0v) is 25.2. The van der Waals surface area contributed by atoms with Crippen molar-refractivity contribution >= 4 is 35.0 Å². The molecule has 1 aromatic carbocycles. The van der Waals surface area contributed by atoms with Crippen LogP contribution in [0.15, 0.2) is 30.6 Å². The number of rotatable bonds is 10. The molecule has 14 heteroatoms. The third kappa shape index (κ3) is 7.79. The fraction of sp³-hybridized carbons (Fsp3) is 0.400. The SMILES string of the molecule is COc1c(Nc2cc(NC(=O)C3CC3)nnc2C(=O)O)cccc1-c1ncn(CCC(=O)OC(C)(C)C)n1.[Zn]. The fourth-order valence-corrected chi connectivity index (χ4v) is 3.58. The third-order valence-corrected chi connectivity index (χ3v) is 5.43. The molecule has 0 unspecified atom stereocenters. The van der Waals surface area contributed by atoms with Gasteiger partial charge in [0.25, 0.3) is 0 Å². The average molecular weight is 589 g/mol. The standard InChI is InChI=1S/C25H29N7O6.Zn/c1-25(2,3)38-19(33)10-11-32-13-26-22(31-32)15-6-5-7-16(21(15)37-4)27-17-12-18(28-23(34)14-8-9-14)29-30-20(17)24(35)36;/h5-7,12-14H,8-11H2,1-4H3,(H,35,36)(H2,27,28,29,34);. The van der Waals surface area contributed by atoms with E-state index in [2.05, 4.69) is 30.9 Å². The van der Waals surface area contributed by atoms with E-state index < -0.39 is 11.6 Å². The van der Waals surface area contributed by atoms with Crippen LogP contribution in [0.3, 0.4) is 0 Å². The van der Waals surface area contributed by atoms with Crippen molar-refractivity contribution in [1.82, 2.24) is 25.0 Å². The number of amides is 1. The Balaban J connectivity index is 0.00000420. The molecule has 3 aromatic rings. The first-order valence-corrected chi connectivity index (χ1v) is 12.0. The maximum atomic E-state index is 12.1. The van der Waals surface area contributed by atoms with E-state index in [1.165, 1.54) is 24.2 Å². The zero-order valence-electron chi connectivity index (χ0n) is 22.2. The second-order valence-electron chi connectivity index (χ2n) is 9.74. The Bertz CT molecular complexity index is 1370. The normalized spacial score (nSPS) is 12.7. The van der Waals surface area contributed by atoms with Crippen molar-refractivity contribution in [2.24, 2.45) is 5.92 Å². The number of hydrogen-bond acceptors (Lipinski definition) is 10. The molecule has 2 heterocycles. The maximum Gasteiger partial charge on any atom is 0.358 e. The van der Waals surface area contributed by atoms with Crippen molar-refractivity contribution in [1.29, 1.82) is 0 Å². The molecular formula is C25H29N7O6Zn. The number of methoxy groups -OCH3 is 1. The summed E-state index contributed by atoms with van der Waals surface area (Å²) in [5, 5.41) is 27.3. The number of aromatic carboxylic acids is 1.